The first-order valence-electron chi connectivity index (χ1n) is 11.7. The number of aromatic nitrogens is 2. The number of amides is 1. The van der Waals surface area contributed by atoms with E-state index in [-0.39, 0.29) is 17.3 Å². The smallest absolute Gasteiger partial charge is 0.256 e. The number of aliphatic hydroxyl groups is 1. The van der Waals surface area contributed by atoms with Gasteiger partial charge in [0.1, 0.15) is 11.4 Å². The molecule has 9 heteroatoms. The molecule has 0 saturated heterocycles. The van der Waals surface area contributed by atoms with Crippen LogP contribution in [0.15, 0.2) is 55.3 Å². The van der Waals surface area contributed by atoms with E-state index >= 15 is 0 Å². The molecule has 5 N–H and O–H groups in total. The maximum atomic E-state index is 12.8. The van der Waals surface area contributed by atoms with Crippen LogP contribution in [-0.4, -0.2) is 34.1 Å². The predicted octanol–water partition coefficient (Wildman–Crippen LogP) is 3.62. The molecule has 0 unspecified atom stereocenters. The van der Waals surface area contributed by atoms with E-state index in [0.717, 1.165) is 25.2 Å². The van der Waals surface area contributed by atoms with Gasteiger partial charge in [-0.1, -0.05) is 12.1 Å². The number of nitrogens with zero attached hydrogens (tertiary/aromatic N) is 3. The fourth-order valence-corrected chi connectivity index (χ4v) is 4.01. The van der Waals surface area contributed by atoms with Crippen LogP contribution in [-0.2, 0) is 18.6 Å². The molecule has 4 rings (SSSR count). The number of hydrogen-bond donors (Lipinski definition) is 5. The largest absolute Gasteiger partial charge is 0.386 e. The molecule has 2 aromatic carbocycles. The van der Waals surface area contributed by atoms with Crippen molar-refractivity contribution >= 4 is 29.0 Å². The van der Waals surface area contributed by atoms with Crippen molar-refractivity contribution in [1.29, 1.82) is 5.26 Å². The quantitative estimate of drug-likeness (QED) is 0.307. The average molecular weight is 484 g/mol. The van der Waals surface area contributed by atoms with E-state index in [0.29, 0.717) is 29.3 Å². The van der Waals surface area contributed by atoms with E-state index in [2.05, 4.69) is 56.0 Å². The summed E-state index contributed by atoms with van der Waals surface area (Å²) in [6, 6.07) is 13.2. The monoisotopic (exact) mass is 483 g/mol. The minimum Gasteiger partial charge on any atom is -0.386 e. The summed E-state index contributed by atoms with van der Waals surface area (Å²) >= 11 is 0. The molecular weight excluding hydrogens is 454 g/mol. The number of benzene rings is 2. The highest BCUT2D eigenvalue weighted by atomic mass is 16.3. The molecule has 0 atom stereocenters. The summed E-state index contributed by atoms with van der Waals surface area (Å²) in [4.78, 5) is 21.7. The number of nitriles is 1. The van der Waals surface area contributed by atoms with Gasteiger partial charge < -0.3 is 26.4 Å². The van der Waals surface area contributed by atoms with Gasteiger partial charge in [0.05, 0.1) is 17.2 Å². The van der Waals surface area contributed by atoms with E-state index < -0.39 is 5.60 Å². The van der Waals surface area contributed by atoms with Crippen LogP contribution in [0.4, 0.5) is 23.1 Å². The molecule has 0 spiro atoms. The summed E-state index contributed by atoms with van der Waals surface area (Å²) < 4.78 is 0. The molecule has 36 heavy (non-hydrogen) atoms. The van der Waals surface area contributed by atoms with Crippen LogP contribution in [0.1, 0.15) is 46.5 Å². The third-order valence-electron chi connectivity index (χ3n) is 5.85. The van der Waals surface area contributed by atoms with Crippen LogP contribution in [0.3, 0.4) is 0 Å². The number of nitrogens with one attached hydrogen (secondary N) is 4. The van der Waals surface area contributed by atoms with Gasteiger partial charge in [-0.05, 0) is 68.3 Å². The highest BCUT2D eigenvalue weighted by Crippen LogP contribution is 2.29. The Morgan fingerprint density at radius 3 is 2.75 bits per heavy atom. The first-order chi connectivity index (χ1) is 17.3. The number of carbonyl (C=O) groups excluding carboxylic acids is 1. The van der Waals surface area contributed by atoms with Crippen LogP contribution in [0.25, 0.3) is 0 Å². The molecule has 0 aliphatic carbocycles. The van der Waals surface area contributed by atoms with Gasteiger partial charge in [-0.3, -0.25) is 4.79 Å². The van der Waals surface area contributed by atoms with Gasteiger partial charge in [-0.15, -0.1) is 6.58 Å². The summed E-state index contributed by atoms with van der Waals surface area (Å²) in [7, 11) is 0. The van der Waals surface area contributed by atoms with Crippen LogP contribution in [0.5, 0.6) is 0 Å². The van der Waals surface area contributed by atoms with Crippen LogP contribution < -0.4 is 21.3 Å². The standard InChI is InChI=1S/C27H29N7O2/c1-4-10-30-25(35)22-16-31-26(33-20-8-6-19-15-29-11-9-17(19)12-20)34-24(22)32-21-7-5-18(14-28)23(13-21)27(2,3)36/h4-8,12-13,16,29,36H,1,9-11,15H2,2-3H3,(H,30,35)(H2,31,32,33,34). The Labute approximate surface area is 210 Å². The zero-order valence-electron chi connectivity index (χ0n) is 20.4. The molecule has 9 nitrogen and oxygen atoms in total. The predicted molar refractivity (Wildman–Crippen MR) is 139 cm³/mol. The Kier molecular flexibility index (Phi) is 7.29. The summed E-state index contributed by atoms with van der Waals surface area (Å²) in [5.74, 6) is 0.243. The van der Waals surface area contributed by atoms with Crippen molar-refractivity contribution in [1.82, 2.24) is 20.6 Å². The lowest BCUT2D eigenvalue weighted by Crippen LogP contribution is -2.25. The van der Waals surface area contributed by atoms with Gasteiger partial charge in [-0.2, -0.15) is 10.2 Å². The number of fused-ring (bicyclic) bond motifs is 1. The molecule has 0 saturated carbocycles. The third kappa shape index (κ3) is 5.68. The van der Waals surface area contributed by atoms with E-state index in [9.17, 15) is 15.2 Å². The molecule has 0 fully saturated rings. The third-order valence-corrected chi connectivity index (χ3v) is 5.85. The van der Waals surface area contributed by atoms with Crippen LogP contribution in [0.2, 0.25) is 0 Å². The van der Waals surface area contributed by atoms with Gasteiger partial charge >= 0.3 is 0 Å². The Hall–Kier alpha value is -4.26. The zero-order chi connectivity index (χ0) is 25.7. The fraction of sp³-hybridized carbons (Fsp3) is 0.259. The molecule has 184 valence electrons. The summed E-state index contributed by atoms with van der Waals surface area (Å²) in [6.45, 7) is 8.94. The molecule has 3 aromatic rings. The van der Waals surface area contributed by atoms with Crippen molar-refractivity contribution in [3.05, 3.63) is 83.1 Å². The van der Waals surface area contributed by atoms with Gasteiger partial charge in [0, 0.05) is 36.2 Å². The first kappa shape index (κ1) is 24.9. The first-order valence-corrected chi connectivity index (χ1v) is 11.7. The number of rotatable bonds is 8. The lowest BCUT2D eigenvalue weighted by Gasteiger charge is -2.21. The van der Waals surface area contributed by atoms with E-state index in [4.69, 9.17) is 0 Å². The zero-order valence-corrected chi connectivity index (χ0v) is 20.4. The molecule has 1 aromatic heterocycles. The Morgan fingerprint density at radius 1 is 1.22 bits per heavy atom. The summed E-state index contributed by atoms with van der Waals surface area (Å²) in [6.07, 6.45) is 3.99. The van der Waals surface area contributed by atoms with Crippen molar-refractivity contribution in [2.45, 2.75) is 32.4 Å². The maximum absolute atomic E-state index is 12.8. The van der Waals surface area contributed by atoms with E-state index in [1.54, 1.807) is 38.1 Å². The van der Waals surface area contributed by atoms with Gasteiger partial charge in [-0.25, -0.2) is 4.98 Å². The second-order valence-corrected chi connectivity index (χ2v) is 9.05. The van der Waals surface area contributed by atoms with Crippen molar-refractivity contribution in [2.75, 3.05) is 23.7 Å². The molecule has 1 amide bonds. The second-order valence-electron chi connectivity index (χ2n) is 9.05. The van der Waals surface area contributed by atoms with Crippen molar-refractivity contribution in [3.63, 3.8) is 0 Å². The lowest BCUT2D eigenvalue weighted by atomic mass is 9.93. The Balaban J connectivity index is 1.68. The normalized spacial score (nSPS) is 12.7. The topological polar surface area (TPSA) is 135 Å². The van der Waals surface area contributed by atoms with Crippen molar-refractivity contribution in [2.24, 2.45) is 0 Å². The van der Waals surface area contributed by atoms with Crippen molar-refractivity contribution in [3.8, 4) is 6.07 Å². The Morgan fingerprint density at radius 2 is 2.00 bits per heavy atom. The van der Waals surface area contributed by atoms with Crippen molar-refractivity contribution < 1.29 is 9.90 Å². The maximum Gasteiger partial charge on any atom is 0.256 e. The summed E-state index contributed by atoms with van der Waals surface area (Å²) in [5, 5.41) is 32.5. The SMILES string of the molecule is C=CCNC(=O)c1cnc(Nc2ccc3c(c2)CCNC3)nc1Nc1ccc(C#N)c(C(C)(C)O)c1. The highest BCUT2D eigenvalue weighted by Gasteiger charge is 2.22. The molecule has 0 bridgehead atoms. The van der Waals surface area contributed by atoms with Crippen LogP contribution >= 0.6 is 0 Å². The summed E-state index contributed by atoms with van der Waals surface area (Å²) in [5.41, 5.74) is 3.80. The number of hydrogen-bond acceptors (Lipinski definition) is 8. The molecule has 1 aliphatic rings. The van der Waals surface area contributed by atoms with E-state index in [1.807, 2.05) is 6.07 Å². The van der Waals surface area contributed by atoms with Crippen LogP contribution in [0, 0.1) is 11.3 Å². The van der Waals surface area contributed by atoms with Gasteiger partial charge in [0.2, 0.25) is 5.95 Å². The minimum atomic E-state index is -1.23. The van der Waals surface area contributed by atoms with E-state index in [1.165, 1.54) is 17.3 Å². The highest BCUT2D eigenvalue weighted by molar-refractivity contribution is 5.99. The Bertz CT molecular complexity index is 1340. The van der Waals surface area contributed by atoms with Gasteiger partial charge in [0.15, 0.2) is 0 Å². The fourth-order valence-electron chi connectivity index (χ4n) is 4.01. The molecular formula is C27H29N7O2. The molecule has 2 heterocycles. The lowest BCUT2D eigenvalue weighted by molar-refractivity contribution is 0.0783. The molecule has 1 aliphatic heterocycles. The average Bonchev–Trinajstić information content (AvgIpc) is 2.87. The number of anilines is 4. The van der Waals surface area contributed by atoms with Gasteiger partial charge in [0.25, 0.3) is 5.91 Å². The second kappa shape index (κ2) is 10.6. The minimum absolute atomic E-state index is 0.244. The number of carbonyl (C=O) groups is 1. The molecule has 0 radical (unpaired) electrons.